The predicted molar refractivity (Wildman–Crippen MR) is 80.3 cm³/mol. The van der Waals surface area contributed by atoms with E-state index in [1.54, 1.807) is 4.90 Å². The second-order valence-corrected chi connectivity index (χ2v) is 5.40. The molecule has 0 saturated carbocycles. The summed E-state index contributed by atoms with van der Waals surface area (Å²) in [5.74, 6) is 1.01. The van der Waals surface area contributed by atoms with Crippen molar-refractivity contribution in [2.75, 3.05) is 51.7 Å². The van der Waals surface area contributed by atoms with Crippen LogP contribution in [0.25, 0.3) is 0 Å². The lowest BCUT2D eigenvalue weighted by molar-refractivity contribution is -0.116. The first-order valence-electron chi connectivity index (χ1n) is 7.01. The van der Waals surface area contributed by atoms with E-state index in [1.807, 2.05) is 25.2 Å². The summed E-state index contributed by atoms with van der Waals surface area (Å²) in [6, 6.07) is 8.02. The smallest absolute Gasteiger partial charge is 0.248 e. The Balaban J connectivity index is 1.98. The van der Waals surface area contributed by atoms with Gasteiger partial charge in [0.1, 0.15) is 12.4 Å². The van der Waals surface area contributed by atoms with Gasteiger partial charge < -0.3 is 14.7 Å². The average molecular weight is 272 g/mol. The third-order valence-corrected chi connectivity index (χ3v) is 4.05. The Morgan fingerprint density at radius 2 is 1.75 bits per heavy atom. The number of benzodiazepines with no additional fused rings is 1. The van der Waals surface area contributed by atoms with E-state index in [0.717, 1.165) is 43.3 Å². The summed E-state index contributed by atoms with van der Waals surface area (Å²) in [5.41, 5.74) is 2.01. The highest BCUT2D eigenvalue weighted by molar-refractivity contribution is 6.10. The van der Waals surface area contributed by atoms with Crippen LogP contribution in [0.1, 0.15) is 5.56 Å². The lowest BCUT2D eigenvalue weighted by atomic mass is 10.1. The number of likely N-dealkylation sites (N-methyl/N-ethyl adjacent to an activating group) is 2. The second-order valence-electron chi connectivity index (χ2n) is 5.40. The molecule has 0 N–H and O–H groups in total. The molecule has 5 nitrogen and oxygen atoms in total. The molecule has 0 atom stereocenters. The molecule has 0 aromatic heterocycles. The largest absolute Gasteiger partial charge is 0.354 e. The summed E-state index contributed by atoms with van der Waals surface area (Å²) < 4.78 is 0. The molecule has 2 heterocycles. The van der Waals surface area contributed by atoms with Gasteiger partial charge in [-0.3, -0.25) is 9.79 Å². The first kappa shape index (κ1) is 13.1. The van der Waals surface area contributed by atoms with Crippen LogP contribution in [0.5, 0.6) is 0 Å². The number of amides is 1. The van der Waals surface area contributed by atoms with Gasteiger partial charge in [-0.1, -0.05) is 12.1 Å². The van der Waals surface area contributed by atoms with Crippen LogP contribution in [0.3, 0.4) is 0 Å². The molecule has 0 bridgehead atoms. The van der Waals surface area contributed by atoms with Crippen molar-refractivity contribution in [1.82, 2.24) is 9.80 Å². The van der Waals surface area contributed by atoms with Crippen molar-refractivity contribution in [3.63, 3.8) is 0 Å². The van der Waals surface area contributed by atoms with E-state index >= 15 is 0 Å². The van der Waals surface area contributed by atoms with Gasteiger partial charge in [0, 0.05) is 38.8 Å². The summed E-state index contributed by atoms with van der Waals surface area (Å²) in [7, 11) is 3.96. The van der Waals surface area contributed by atoms with Gasteiger partial charge in [-0.25, -0.2) is 0 Å². The molecule has 0 unspecified atom stereocenters. The highest BCUT2D eigenvalue weighted by Gasteiger charge is 2.26. The fourth-order valence-corrected chi connectivity index (χ4v) is 2.71. The zero-order valence-corrected chi connectivity index (χ0v) is 12.0. The van der Waals surface area contributed by atoms with E-state index in [9.17, 15) is 4.79 Å². The second kappa shape index (κ2) is 5.25. The molecule has 1 aromatic carbocycles. The van der Waals surface area contributed by atoms with Gasteiger partial charge in [0.25, 0.3) is 0 Å². The van der Waals surface area contributed by atoms with Gasteiger partial charge in [0.2, 0.25) is 5.91 Å². The zero-order valence-electron chi connectivity index (χ0n) is 12.0. The van der Waals surface area contributed by atoms with E-state index in [1.165, 1.54) is 0 Å². The molecular formula is C15H20N4O. The Bertz CT molecular complexity index is 547. The van der Waals surface area contributed by atoms with Crippen LogP contribution in [0.4, 0.5) is 5.69 Å². The number of amidine groups is 1. The Morgan fingerprint density at radius 1 is 1.05 bits per heavy atom. The highest BCUT2D eigenvalue weighted by Crippen LogP contribution is 2.24. The number of anilines is 1. The number of rotatable bonds is 0. The van der Waals surface area contributed by atoms with Crippen molar-refractivity contribution in [2.45, 2.75) is 0 Å². The van der Waals surface area contributed by atoms with E-state index in [4.69, 9.17) is 0 Å². The van der Waals surface area contributed by atoms with Crippen molar-refractivity contribution in [2.24, 2.45) is 4.99 Å². The number of fused-ring (bicyclic) bond motifs is 1. The molecule has 5 heteroatoms. The molecular weight excluding hydrogens is 252 g/mol. The van der Waals surface area contributed by atoms with Crippen molar-refractivity contribution in [3.8, 4) is 0 Å². The van der Waals surface area contributed by atoms with E-state index in [2.05, 4.69) is 27.9 Å². The van der Waals surface area contributed by atoms with E-state index in [-0.39, 0.29) is 12.5 Å². The third-order valence-electron chi connectivity index (χ3n) is 4.05. The predicted octanol–water partition coefficient (Wildman–Crippen LogP) is 0.657. The number of hydrogen-bond donors (Lipinski definition) is 0. The monoisotopic (exact) mass is 272 g/mol. The minimum atomic E-state index is 0.0431. The topological polar surface area (TPSA) is 39.1 Å². The highest BCUT2D eigenvalue weighted by atomic mass is 16.2. The van der Waals surface area contributed by atoms with Gasteiger partial charge in [0.15, 0.2) is 0 Å². The Morgan fingerprint density at radius 3 is 2.50 bits per heavy atom. The van der Waals surface area contributed by atoms with Gasteiger partial charge in [-0.05, 0) is 19.2 Å². The van der Waals surface area contributed by atoms with Gasteiger partial charge in [-0.2, -0.15) is 0 Å². The maximum atomic E-state index is 12.0. The number of para-hydroxylation sites is 1. The summed E-state index contributed by atoms with van der Waals surface area (Å²) >= 11 is 0. The number of aliphatic imine (C=N–C) groups is 1. The van der Waals surface area contributed by atoms with Gasteiger partial charge in [0.05, 0.1) is 5.69 Å². The normalized spacial score (nSPS) is 20.5. The maximum Gasteiger partial charge on any atom is 0.248 e. The lowest BCUT2D eigenvalue weighted by Crippen LogP contribution is -2.47. The van der Waals surface area contributed by atoms with Crippen LogP contribution < -0.4 is 4.90 Å². The van der Waals surface area contributed by atoms with Crippen LogP contribution in [-0.4, -0.2) is 68.4 Å². The number of carbonyl (C=O) groups excluding carboxylic acids is 1. The quantitative estimate of drug-likeness (QED) is 0.696. The first-order valence-corrected chi connectivity index (χ1v) is 7.01. The molecule has 2 aliphatic rings. The van der Waals surface area contributed by atoms with Gasteiger partial charge in [-0.15, -0.1) is 0 Å². The summed E-state index contributed by atoms with van der Waals surface area (Å²) in [4.78, 5) is 23.0. The minimum Gasteiger partial charge on any atom is -0.354 e. The first-order chi connectivity index (χ1) is 9.66. The van der Waals surface area contributed by atoms with Crippen LogP contribution in [0.15, 0.2) is 29.3 Å². The van der Waals surface area contributed by atoms with Crippen LogP contribution >= 0.6 is 0 Å². The molecule has 3 rings (SSSR count). The van der Waals surface area contributed by atoms with Gasteiger partial charge >= 0.3 is 0 Å². The molecule has 106 valence electrons. The lowest BCUT2D eigenvalue weighted by Gasteiger charge is -2.35. The Labute approximate surface area is 119 Å². The van der Waals surface area contributed by atoms with Crippen LogP contribution in [-0.2, 0) is 4.79 Å². The number of hydrogen-bond acceptors (Lipinski definition) is 4. The van der Waals surface area contributed by atoms with E-state index in [0.29, 0.717) is 0 Å². The van der Waals surface area contributed by atoms with Crippen LogP contribution in [0, 0.1) is 0 Å². The standard InChI is InChI=1S/C15H20N4O/c1-17-7-9-19(10-8-17)15-12-5-3-4-6-13(12)18(2)14(20)11-16-15/h3-6H,7-11H2,1-2H3. The molecule has 2 aliphatic heterocycles. The van der Waals surface area contributed by atoms with Crippen LogP contribution in [0.2, 0.25) is 0 Å². The fraction of sp³-hybridized carbons (Fsp3) is 0.467. The number of nitrogens with zero attached hydrogens (tertiary/aromatic N) is 4. The summed E-state index contributed by atoms with van der Waals surface area (Å²) in [5, 5.41) is 0. The molecule has 0 radical (unpaired) electrons. The average Bonchev–Trinajstić information content (AvgIpc) is 2.60. The SMILES string of the molecule is CN1CCN(C2=NCC(=O)N(C)c3ccccc32)CC1. The molecule has 1 fully saturated rings. The zero-order chi connectivity index (χ0) is 14.1. The molecule has 1 saturated heterocycles. The van der Waals surface area contributed by atoms with Crippen molar-refractivity contribution in [1.29, 1.82) is 0 Å². The number of piperazine rings is 1. The summed E-state index contributed by atoms with van der Waals surface area (Å²) in [6.07, 6.45) is 0. The maximum absolute atomic E-state index is 12.0. The minimum absolute atomic E-state index is 0.0431. The molecule has 0 aliphatic carbocycles. The third kappa shape index (κ3) is 2.29. The van der Waals surface area contributed by atoms with E-state index < -0.39 is 0 Å². The molecule has 20 heavy (non-hydrogen) atoms. The Hall–Kier alpha value is -1.88. The molecule has 1 aromatic rings. The summed E-state index contributed by atoms with van der Waals surface area (Å²) in [6.45, 7) is 4.21. The Kier molecular flexibility index (Phi) is 3.44. The van der Waals surface area contributed by atoms with Crippen molar-refractivity contribution < 1.29 is 4.79 Å². The molecule has 1 amide bonds. The number of benzene rings is 1. The fourth-order valence-electron chi connectivity index (χ4n) is 2.71. The molecule has 0 spiro atoms. The van der Waals surface area contributed by atoms with Crippen molar-refractivity contribution >= 4 is 17.4 Å². The van der Waals surface area contributed by atoms with Crippen molar-refractivity contribution in [3.05, 3.63) is 29.8 Å². The number of carbonyl (C=O) groups is 1.